The molecule has 2 aromatic rings. The number of hydrogen-bond donors (Lipinski definition) is 0. The van der Waals surface area contributed by atoms with Crippen LogP contribution in [0.3, 0.4) is 0 Å². The molecule has 0 N–H and O–H groups in total. The minimum absolute atomic E-state index is 0.0761. The van der Waals surface area contributed by atoms with E-state index < -0.39 is 0 Å². The lowest BCUT2D eigenvalue weighted by Crippen LogP contribution is -2.48. The highest BCUT2D eigenvalue weighted by atomic mass is 32.1. The fourth-order valence-electron chi connectivity index (χ4n) is 3.79. The molecule has 0 aromatic carbocycles. The van der Waals surface area contributed by atoms with Gasteiger partial charge >= 0.3 is 0 Å². The third-order valence-electron chi connectivity index (χ3n) is 5.28. The molecular weight excluding hydrogens is 336 g/mol. The largest absolute Gasteiger partial charge is 0.337 e. The summed E-state index contributed by atoms with van der Waals surface area (Å²) in [6, 6.07) is 5.72. The van der Waals surface area contributed by atoms with Crippen molar-refractivity contribution in [3.05, 3.63) is 50.1 Å². The standard InChI is InChI=1S/C18H22N4O2S/c1-20-17(23)3-2-15(19-20)18(24)21-8-4-14(5-9-21)22-10-6-16-13(12-22)7-11-25-16/h2-3,7,11,14H,4-6,8-10,12H2,1H3. The average molecular weight is 358 g/mol. The number of hydrogen-bond acceptors (Lipinski definition) is 5. The minimum Gasteiger partial charge on any atom is -0.337 e. The lowest BCUT2D eigenvalue weighted by Gasteiger charge is -2.40. The summed E-state index contributed by atoms with van der Waals surface area (Å²) in [6.45, 7) is 3.66. The zero-order valence-corrected chi connectivity index (χ0v) is 15.2. The molecule has 2 aromatic heterocycles. The van der Waals surface area contributed by atoms with Gasteiger partial charge in [-0.05, 0) is 42.3 Å². The second-order valence-electron chi connectivity index (χ2n) is 6.79. The summed E-state index contributed by atoms with van der Waals surface area (Å²) in [6.07, 6.45) is 3.14. The van der Waals surface area contributed by atoms with Crippen molar-refractivity contribution in [1.82, 2.24) is 19.6 Å². The topological polar surface area (TPSA) is 58.4 Å². The second kappa shape index (κ2) is 6.72. The van der Waals surface area contributed by atoms with E-state index in [0.29, 0.717) is 11.7 Å². The first-order valence-electron chi connectivity index (χ1n) is 8.75. The molecule has 0 unspecified atom stereocenters. The number of nitrogens with zero attached hydrogens (tertiary/aromatic N) is 4. The van der Waals surface area contributed by atoms with Gasteiger partial charge in [0.05, 0.1) is 0 Å². The molecule has 1 saturated heterocycles. The first-order chi connectivity index (χ1) is 12.1. The van der Waals surface area contributed by atoms with E-state index in [2.05, 4.69) is 21.4 Å². The zero-order valence-electron chi connectivity index (χ0n) is 14.4. The van der Waals surface area contributed by atoms with Gasteiger partial charge < -0.3 is 4.90 Å². The van der Waals surface area contributed by atoms with Gasteiger partial charge in [-0.3, -0.25) is 14.5 Å². The van der Waals surface area contributed by atoms with E-state index in [4.69, 9.17) is 0 Å². The van der Waals surface area contributed by atoms with Crippen LogP contribution in [0.4, 0.5) is 0 Å². The van der Waals surface area contributed by atoms with Gasteiger partial charge in [0.2, 0.25) is 0 Å². The maximum atomic E-state index is 12.6. The van der Waals surface area contributed by atoms with Crippen LogP contribution in [0.1, 0.15) is 33.8 Å². The van der Waals surface area contributed by atoms with Crippen LogP contribution in [0.25, 0.3) is 0 Å². The number of carbonyl (C=O) groups is 1. The highest BCUT2D eigenvalue weighted by Crippen LogP contribution is 2.28. The highest BCUT2D eigenvalue weighted by Gasteiger charge is 2.30. The normalized spacial score (nSPS) is 19.0. The number of thiophene rings is 1. The summed E-state index contributed by atoms with van der Waals surface area (Å²) in [5, 5.41) is 6.27. The lowest BCUT2D eigenvalue weighted by atomic mass is 9.99. The first kappa shape index (κ1) is 16.5. The molecule has 2 aliphatic rings. The van der Waals surface area contributed by atoms with Crippen molar-refractivity contribution in [2.75, 3.05) is 19.6 Å². The van der Waals surface area contributed by atoms with Gasteiger partial charge in [-0.15, -0.1) is 11.3 Å². The molecule has 1 fully saturated rings. The molecule has 4 rings (SSSR count). The molecule has 0 radical (unpaired) electrons. The Morgan fingerprint density at radius 1 is 1.20 bits per heavy atom. The predicted molar refractivity (Wildman–Crippen MR) is 96.8 cm³/mol. The van der Waals surface area contributed by atoms with Gasteiger partial charge in [0.1, 0.15) is 5.69 Å². The van der Waals surface area contributed by atoms with Gasteiger partial charge in [0, 0.05) is 50.2 Å². The molecule has 0 saturated carbocycles. The molecule has 0 atom stereocenters. The zero-order chi connectivity index (χ0) is 17.4. The number of piperidine rings is 1. The van der Waals surface area contributed by atoms with Gasteiger partial charge in [-0.25, -0.2) is 4.68 Å². The Hall–Kier alpha value is -1.99. The summed E-state index contributed by atoms with van der Waals surface area (Å²) < 4.78 is 1.21. The van der Waals surface area contributed by atoms with E-state index >= 15 is 0 Å². The summed E-state index contributed by atoms with van der Waals surface area (Å²) >= 11 is 1.87. The molecule has 0 bridgehead atoms. The number of fused-ring (bicyclic) bond motifs is 1. The molecular formula is C18H22N4O2S. The predicted octanol–water partition coefficient (Wildman–Crippen LogP) is 1.50. The van der Waals surface area contributed by atoms with Crippen LogP contribution in [0.5, 0.6) is 0 Å². The number of likely N-dealkylation sites (tertiary alicyclic amines) is 1. The first-order valence-corrected chi connectivity index (χ1v) is 9.63. The van der Waals surface area contributed by atoms with Gasteiger partial charge in [-0.1, -0.05) is 0 Å². The van der Waals surface area contributed by atoms with Crippen LogP contribution < -0.4 is 5.56 Å². The SMILES string of the molecule is Cn1nc(C(=O)N2CCC(N3CCc4sccc4C3)CC2)ccc1=O. The van der Waals surface area contributed by atoms with Gasteiger partial charge in [0.15, 0.2) is 0 Å². The maximum absolute atomic E-state index is 12.6. The number of amides is 1. The van der Waals surface area contributed by atoms with Crippen molar-refractivity contribution in [1.29, 1.82) is 0 Å². The van der Waals surface area contributed by atoms with Crippen LogP contribution in [0.15, 0.2) is 28.4 Å². The van der Waals surface area contributed by atoms with Crippen molar-refractivity contribution in [2.45, 2.75) is 31.8 Å². The molecule has 0 spiro atoms. The van der Waals surface area contributed by atoms with Crippen LogP contribution in [0.2, 0.25) is 0 Å². The molecule has 2 aliphatic heterocycles. The Kier molecular flexibility index (Phi) is 4.43. The number of rotatable bonds is 2. The van der Waals surface area contributed by atoms with Crippen LogP contribution in [-0.2, 0) is 20.0 Å². The Balaban J connectivity index is 1.37. The molecule has 132 valence electrons. The number of carbonyl (C=O) groups excluding carboxylic acids is 1. The Labute approximate surface area is 150 Å². The van der Waals surface area contributed by atoms with E-state index in [1.54, 1.807) is 7.05 Å². The molecule has 7 heteroatoms. The van der Waals surface area contributed by atoms with E-state index in [1.165, 1.54) is 27.3 Å². The number of aryl methyl sites for hydroxylation is 1. The fourth-order valence-corrected chi connectivity index (χ4v) is 4.68. The summed E-state index contributed by atoms with van der Waals surface area (Å²) in [7, 11) is 1.57. The van der Waals surface area contributed by atoms with Crippen LogP contribution >= 0.6 is 11.3 Å². The Morgan fingerprint density at radius 3 is 2.76 bits per heavy atom. The smallest absolute Gasteiger partial charge is 0.274 e. The summed E-state index contributed by atoms with van der Waals surface area (Å²) in [5.41, 5.74) is 1.62. The Bertz CT molecular complexity index is 836. The highest BCUT2D eigenvalue weighted by molar-refractivity contribution is 7.10. The van der Waals surface area contributed by atoms with Gasteiger partial charge in [-0.2, -0.15) is 5.10 Å². The molecule has 0 aliphatic carbocycles. The monoisotopic (exact) mass is 358 g/mol. The molecule has 6 nitrogen and oxygen atoms in total. The Morgan fingerprint density at radius 2 is 2.00 bits per heavy atom. The lowest BCUT2D eigenvalue weighted by molar-refractivity contribution is 0.0593. The van der Waals surface area contributed by atoms with E-state index in [1.807, 2.05) is 16.2 Å². The quantitative estimate of drug-likeness (QED) is 0.816. The summed E-state index contributed by atoms with van der Waals surface area (Å²) in [5.74, 6) is -0.0761. The van der Waals surface area contributed by atoms with E-state index in [-0.39, 0.29) is 11.5 Å². The maximum Gasteiger partial charge on any atom is 0.274 e. The van der Waals surface area contributed by atoms with E-state index in [0.717, 1.165) is 45.4 Å². The molecule has 25 heavy (non-hydrogen) atoms. The van der Waals surface area contributed by atoms with Crippen molar-refractivity contribution < 1.29 is 4.79 Å². The van der Waals surface area contributed by atoms with Crippen LogP contribution in [-0.4, -0.2) is 51.2 Å². The van der Waals surface area contributed by atoms with Crippen molar-refractivity contribution in [2.24, 2.45) is 7.05 Å². The second-order valence-corrected chi connectivity index (χ2v) is 7.79. The molecule has 4 heterocycles. The average Bonchev–Trinajstić information content (AvgIpc) is 3.11. The van der Waals surface area contributed by atoms with Crippen molar-refractivity contribution in [3.63, 3.8) is 0 Å². The van der Waals surface area contributed by atoms with Gasteiger partial charge in [0.25, 0.3) is 11.5 Å². The van der Waals surface area contributed by atoms with Crippen LogP contribution in [0, 0.1) is 0 Å². The van der Waals surface area contributed by atoms with Crippen molar-refractivity contribution >= 4 is 17.2 Å². The van der Waals surface area contributed by atoms with E-state index in [9.17, 15) is 9.59 Å². The van der Waals surface area contributed by atoms with Crippen molar-refractivity contribution in [3.8, 4) is 0 Å². The number of aromatic nitrogens is 2. The fraction of sp³-hybridized carbons (Fsp3) is 0.500. The summed E-state index contributed by atoms with van der Waals surface area (Å²) in [4.78, 5) is 30.0. The molecule has 1 amide bonds. The third kappa shape index (κ3) is 3.26. The minimum atomic E-state index is -0.201. The third-order valence-corrected chi connectivity index (χ3v) is 6.31.